The van der Waals surface area contributed by atoms with Crippen molar-refractivity contribution < 1.29 is 4.42 Å². The van der Waals surface area contributed by atoms with Gasteiger partial charge in [0.1, 0.15) is 5.58 Å². The monoisotopic (exact) mass is 317 g/mol. The van der Waals surface area contributed by atoms with Crippen molar-refractivity contribution in [2.45, 2.75) is 19.6 Å². The zero-order valence-electron chi connectivity index (χ0n) is 13.6. The molecule has 4 rings (SSSR count). The number of aromatic nitrogens is 1. The van der Waals surface area contributed by atoms with Crippen LogP contribution in [0, 0.1) is 0 Å². The van der Waals surface area contributed by atoms with Gasteiger partial charge in [-0.25, -0.2) is 4.98 Å². The van der Waals surface area contributed by atoms with Crippen LogP contribution in [-0.4, -0.2) is 13.1 Å². The molecule has 0 atom stereocenters. The van der Waals surface area contributed by atoms with Gasteiger partial charge in [-0.2, -0.15) is 0 Å². The Bertz CT molecular complexity index is 997. The van der Waals surface area contributed by atoms with Crippen molar-refractivity contribution in [2.24, 2.45) is 0 Å². The summed E-state index contributed by atoms with van der Waals surface area (Å²) in [6.45, 7) is 7.12. The fourth-order valence-electron chi connectivity index (χ4n) is 3.07. The molecular formula is C20H19NOSi. The summed E-state index contributed by atoms with van der Waals surface area (Å²) in [6.07, 6.45) is 0. The third kappa shape index (κ3) is 2.37. The highest BCUT2D eigenvalue weighted by Gasteiger charge is 2.24. The molecule has 0 amide bonds. The molecule has 2 aromatic heterocycles. The van der Waals surface area contributed by atoms with E-state index in [2.05, 4.69) is 50.0 Å². The van der Waals surface area contributed by atoms with Gasteiger partial charge in [-0.15, -0.1) is 0 Å². The van der Waals surface area contributed by atoms with E-state index in [9.17, 15) is 0 Å². The number of hydrogen-bond acceptors (Lipinski definition) is 2. The van der Waals surface area contributed by atoms with Gasteiger partial charge >= 0.3 is 0 Å². The van der Waals surface area contributed by atoms with Crippen molar-refractivity contribution in [2.75, 3.05) is 0 Å². The van der Waals surface area contributed by atoms with Gasteiger partial charge in [0.25, 0.3) is 0 Å². The van der Waals surface area contributed by atoms with E-state index < -0.39 is 8.07 Å². The Balaban J connectivity index is 2.12. The first-order chi connectivity index (χ1) is 11.0. The predicted octanol–water partition coefficient (Wildman–Crippen LogP) is 5.19. The molecule has 2 aromatic carbocycles. The Morgan fingerprint density at radius 3 is 2.30 bits per heavy atom. The number of benzene rings is 2. The molecule has 0 aliphatic heterocycles. The highest BCUT2D eigenvalue weighted by atomic mass is 28.3. The summed E-state index contributed by atoms with van der Waals surface area (Å²) in [5, 5.41) is 3.78. The molecule has 0 aliphatic rings. The lowest BCUT2D eigenvalue weighted by Crippen LogP contribution is -2.38. The van der Waals surface area contributed by atoms with E-state index in [1.807, 2.05) is 30.3 Å². The van der Waals surface area contributed by atoms with E-state index in [1.54, 1.807) is 0 Å². The van der Waals surface area contributed by atoms with Gasteiger partial charge in [0.05, 0.1) is 13.8 Å². The number of rotatable bonds is 2. The van der Waals surface area contributed by atoms with E-state index in [-0.39, 0.29) is 0 Å². The maximum atomic E-state index is 6.06. The van der Waals surface area contributed by atoms with E-state index in [0.29, 0.717) is 0 Å². The Hall–Kier alpha value is -2.39. The molecule has 0 bridgehead atoms. The number of furan rings is 1. The van der Waals surface area contributed by atoms with Gasteiger partial charge in [-0.3, -0.25) is 0 Å². The summed E-state index contributed by atoms with van der Waals surface area (Å²) in [5.74, 6) is 0. The lowest BCUT2D eigenvalue weighted by molar-refractivity contribution is 0.655. The Morgan fingerprint density at radius 2 is 1.57 bits per heavy atom. The molecule has 0 saturated carbocycles. The maximum absolute atomic E-state index is 6.06. The van der Waals surface area contributed by atoms with Crippen LogP contribution in [-0.2, 0) is 0 Å². The minimum Gasteiger partial charge on any atom is -0.438 e. The molecule has 23 heavy (non-hydrogen) atoms. The first-order valence-electron chi connectivity index (χ1n) is 7.92. The van der Waals surface area contributed by atoms with E-state index >= 15 is 0 Å². The van der Waals surface area contributed by atoms with Crippen molar-refractivity contribution in [3.05, 3.63) is 60.7 Å². The molecule has 2 nitrogen and oxygen atoms in total. The van der Waals surface area contributed by atoms with Crippen LogP contribution in [0.2, 0.25) is 19.6 Å². The average Bonchev–Trinajstić information content (AvgIpc) is 2.92. The van der Waals surface area contributed by atoms with Gasteiger partial charge in [0, 0.05) is 16.3 Å². The molecular weight excluding hydrogens is 298 g/mol. The number of fused-ring (bicyclic) bond motifs is 3. The summed E-state index contributed by atoms with van der Waals surface area (Å²) < 4.78 is 6.06. The lowest BCUT2D eigenvalue weighted by Gasteiger charge is -2.18. The van der Waals surface area contributed by atoms with Crippen LogP contribution in [0.25, 0.3) is 33.3 Å². The summed E-state index contributed by atoms with van der Waals surface area (Å²) >= 11 is 0. The Morgan fingerprint density at radius 1 is 0.870 bits per heavy atom. The first-order valence-corrected chi connectivity index (χ1v) is 11.4. The standard InChI is InChI=1S/C20H19NOSi/c1-23(2,3)18-13-16(14-9-5-4-6-10-14)21-20-19(18)15-11-7-8-12-17(15)22-20/h4-13H,1-3H3. The Labute approximate surface area is 136 Å². The van der Waals surface area contributed by atoms with Gasteiger partial charge in [-0.1, -0.05) is 68.2 Å². The Kier molecular flexibility index (Phi) is 3.13. The normalized spacial score (nSPS) is 12.1. The van der Waals surface area contributed by atoms with Crippen LogP contribution < -0.4 is 5.19 Å². The minimum atomic E-state index is -1.54. The second-order valence-corrected chi connectivity index (χ2v) is 12.0. The molecule has 0 unspecified atom stereocenters. The van der Waals surface area contributed by atoms with E-state index in [1.165, 1.54) is 16.0 Å². The molecule has 0 saturated heterocycles. The summed E-state index contributed by atoms with van der Waals surface area (Å²) in [5.41, 5.74) is 3.80. The average molecular weight is 317 g/mol. The molecule has 0 spiro atoms. The zero-order chi connectivity index (χ0) is 16.0. The summed E-state index contributed by atoms with van der Waals surface area (Å²) in [7, 11) is -1.54. The van der Waals surface area contributed by atoms with Crippen LogP contribution in [0.15, 0.2) is 65.1 Å². The number of nitrogens with zero attached hydrogens (tertiary/aromatic N) is 1. The quantitative estimate of drug-likeness (QED) is 0.475. The fourth-order valence-corrected chi connectivity index (χ4v) is 4.63. The molecule has 2 heterocycles. The van der Waals surface area contributed by atoms with Gasteiger partial charge < -0.3 is 4.42 Å². The van der Waals surface area contributed by atoms with Gasteiger partial charge in [0.2, 0.25) is 5.71 Å². The summed E-state index contributed by atoms with van der Waals surface area (Å²) in [6, 6.07) is 20.8. The van der Waals surface area contributed by atoms with E-state index in [0.717, 1.165) is 22.6 Å². The second kappa shape index (κ2) is 5.07. The van der Waals surface area contributed by atoms with Crippen molar-refractivity contribution in [1.29, 1.82) is 0 Å². The maximum Gasteiger partial charge on any atom is 0.227 e. The third-order valence-electron chi connectivity index (χ3n) is 4.23. The lowest BCUT2D eigenvalue weighted by atomic mass is 10.1. The molecule has 3 heteroatoms. The number of hydrogen-bond donors (Lipinski definition) is 0. The number of pyridine rings is 1. The van der Waals surface area contributed by atoms with Crippen LogP contribution >= 0.6 is 0 Å². The highest BCUT2D eigenvalue weighted by Crippen LogP contribution is 2.30. The molecule has 114 valence electrons. The first kappa shape index (κ1) is 14.2. The SMILES string of the molecule is C[Si](C)(C)c1cc(-c2ccccc2)nc2oc3ccccc3c12. The minimum absolute atomic E-state index is 0.755. The predicted molar refractivity (Wildman–Crippen MR) is 99.9 cm³/mol. The van der Waals surface area contributed by atoms with Crippen molar-refractivity contribution in [3.63, 3.8) is 0 Å². The molecule has 0 fully saturated rings. The topological polar surface area (TPSA) is 26.0 Å². The zero-order valence-corrected chi connectivity index (χ0v) is 14.6. The molecule has 0 aliphatic carbocycles. The van der Waals surface area contributed by atoms with E-state index in [4.69, 9.17) is 9.40 Å². The second-order valence-electron chi connectivity index (χ2n) is 6.95. The fraction of sp³-hybridized carbons (Fsp3) is 0.150. The smallest absolute Gasteiger partial charge is 0.227 e. The molecule has 0 radical (unpaired) electrons. The van der Waals surface area contributed by atoms with Crippen LogP contribution in [0.4, 0.5) is 0 Å². The van der Waals surface area contributed by atoms with Crippen LogP contribution in [0.3, 0.4) is 0 Å². The largest absolute Gasteiger partial charge is 0.438 e. The third-order valence-corrected chi connectivity index (χ3v) is 6.24. The van der Waals surface area contributed by atoms with Gasteiger partial charge in [0.15, 0.2) is 0 Å². The van der Waals surface area contributed by atoms with Gasteiger partial charge in [-0.05, 0) is 17.3 Å². The number of para-hydroxylation sites is 1. The van der Waals surface area contributed by atoms with Crippen molar-refractivity contribution in [1.82, 2.24) is 4.98 Å². The van der Waals surface area contributed by atoms with Crippen molar-refractivity contribution in [3.8, 4) is 11.3 Å². The molecule has 4 aromatic rings. The van der Waals surface area contributed by atoms with Crippen molar-refractivity contribution >= 4 is 35.3 Å². The highest BCUT2D eigenvalue weighted by molar-refractivity contribution is 6.90. The molecule has 0 N–H and O–H groups in total. The van der Waals surface area contributed by atoms with Crippen LogP contribution in [0.1, 0.15) is 0 Å². The van der Waals surface area contributed by atoms with Crippen LogP contribution in [0.5, 0.6) is 0 Å². The summed E-state index contributed by atoms with van der Waals surface area (Å²) in [4.78, 5) is 4.81.